The van der Waals surface area contributed by atoms with Crippen molar-refractivity contribution in [2.24, 2.45) is 11.0 Å². The zero-order valence-electron chi connectivity index (χ0n) is 16.3. The smallest absolute Gasteiger partial charge is 0.276 e. The van der Waals surface area contributed by atoms with Crippen molar-refractivity contribution in [3.8, 4) is 0 Å². The van der Waals surface area contributed by atoms with Crippen LogP contribution < -0.4 is 15.2 Å². The van der Waals surface area contributed by atoms with Crippen LogP contribution in [0.1, 0.15) is 6.92 Å². The molecule has 2 aromatic carbocycles. The molecule has 1 N–H and O–H groups in total. The first-order valence-electron chi connectivity index (χ1n) is 9.18. The second-order valence-corrected chi connectivity index (χ2v) is 8.18. The maximum absolute atomic E-state index is 13.1. The van der Waals surface area contributed by atoms with Crippen molar-refractivity contribution >= 4 is 75.6 Å². The average molecular weight is 492 g/mol. The number of hydrogen-bond donors (Lipinski definition) is 1. The van der Waals surface area contributed by atoms with Crippen LogP contribution in [0.3, 0.4) is 0 Å². The number of benzene rings is 2. The van der Waals surface area contributed by atoms with Gasteiger partial charge in [0.25, 0.3) is 11.8 Å². The molecular formula is C21H13Cl3N4O4. The fourth-order valence-electron chi connectivity index (χ4n) is 3.29. The Morgan fingerprint density at radius 1 is 1.00 bits per heavy atom. The molecule has 32 heavy (non-hydrogen) atoms. The van der Waals surface area contributed by atoms with Crippen LogP contribution in [0.25, 0.3) is 0 Å². The molecule has 0 bridgehead atoms. The number of imide groups is 2. The molecule has 0 saturated carbocycles. The number of hydrazone groups is 1. The van der Waals surface area contributed by atoms with Crippen LogP contribution in [0.4, 0.5) is 16.2 Å². The SMILES string of the molecule is CC1=NN(c2cc(Cl)ccc2Cl)C(=O)/C1=C\C1C(=O)NC(=O)N(c2cccc(Cl)c2)C1=O. The van der Waals surface area contributed by atoms with Crippen LogP contribution in [0.5, 0.6) is 0 Å². The Morgan fingerprint density at radius 2 is 1.72 bits per heavy atom. The van der Waals surface area contributed by atoms with Crippen molar-refractivity contribution in [1.29, 1.82) is 0 Å². The molecule has 0 radical (unpaired) electrons. The van der Waals surface area contributed by atoms with E-state index >= 15 is 0 Å². The zero-order valence-corrected chi connectivity index (χ0v) is 18.6. The fourth-order valence-corrected chi connectivity index (χ4v) is 3.83. The number of urea groups is 1. The third-order valence-corrected chi connectivity index (χ3v) is 5.59. The van der Waals surface area contributed by atoms with Gasteiger partial charge in [0.05, 0.1) is 27.7 Å². The second kappa shape index (κ2) is 8.38. The number of hydrogen-bond acceptors (Lipinski definition) is 5. The number of halogens is 3. The molecule has 2 aromatic rings. The molecule has 1 unspecified atom stereocenters. The van der Waals surface area contributed by atoms with Gasteiger partial charge in [-0.25, -0.2) is 9.69 Å². The van der Waals surface area contributed by atoms with Crippen LogP contribution in [-0.2, 0) is 14.4 Å². The number of barbiturate groups is 1. The largest absolute Gasteiger partial charge is 0.335 e. The molecule has 5 amide bonds. The first-order valence-corrected chi connectivity index (χ1v) is 10.3. The molecule has 4 rings (SSSR count). The van der Waals surface area contributed by atoms with E-state index in [1.165, 1.54) is 30.3 Å². The maximum atomic E-state index is 13.1. The lowest BCUT2D eigenvalue weighted by atomic mass is 9.98. The molecule has 1 atom stereocenters. The maximum Gasteiger partial charge on any atom is 0.335 e. The standard InChI is InChI=1S/C21H13Cl3N4O4/c1-10-14(20(31)28(26-10)17-8-12(23)5-6-16(17)24)9-15-18(29)25-21(32)27(19(15)30)13-4-2-3-11(22)7-13/h2-9,15H,1H3,(H,25,29,32)/b14-9-. The van der Waals surface area contributed by atoms with Gasteiger partial charge in [0.2, 0.25) is 5.91 Å². The van der Waals surface area contributed by atoms with Gasteiger partial charge < -0.3 is 0 Å². The summed E-state index contributed by atoms with van der Waals surface area (Å²) in [7, 11) is 0. The number of carbonyl (C=O) groups is 4. The molecule has 11 heteroatoms. The average Bonchev–Trinajstić information content (AvgIpc) is 3.00. The Hall–Kier alpha value is -3.20. The van der Waals surface area contributed by atoms with E-state index in [0.717, 1.165) is 9.91 Å². The quantitative estimate of drug-likeness (QED) is 0.514. The van der Waals surface area contributed by atoms with Crippen LogP contribution >= 0.6 is 34.8 Å². The monoisotopic (exact) mass is 490 g/mol. The third-order valence-electron chi connectivity index (χ3n) is 4.80. The van der Waals surface area contributed by atoms with E-state index in [-0.39, 0.29) is 27.7 Å². The Morgan fingerprint density at radius 3 is 2.44 bits per heavy atom. The van der Waals surface area contributed by atoms with Gasteiger partial charge in [0.1, 0.15) is 5.92 Å². The van der Waals surface area contributed by atoms with Crippen molar-refractivity contribution in [1.82, 2.24) is 5.32 Å². The number of amides is 5. The Balaban J connectivity index is 1.69. The highest BCUT2D eigenvalue weighted by Gasteiger charge is 2.42. The topological polar surface area (TPSA) is 99.2 Å². The molecule has 1 fully saturated rings. The van der Waals surface area contributed by atoms with Crippen molar-refractivity contribution in [2.45, 2.75) is 6.92 Å². The van der Waals surface area contributed by atoms with Crippen molar-refractivity contribution < 1.29 is 19.2 Å². The summed E-state index contributed by atoms with van der Waals surface area (Å²) in [6, 6.07) is 9.70. The number of rotatable bonds is 3. The lowest BCUT2D eigenvalue weighted by Crippen LogP contribution is -2.58. The van der Waals surface area contributed by atoms with Crippen molar-refractivity contribution in [3.05, 3.63) is 69.2 Å². The van der Waals surface area contributed by atoms with Gasteiger partial charge in [-0.3, -0.25) is 19.7 Å². The molecule has 2 aliphatic heterocycles. The summed E-state index contributed by atoms with van der Waals surface area (Å²) < 4.78 is 0. The summed E-state index contributed by atoms with van der Waals surface area (Å²) in [4.78, 5) is 51.7. The minimum atomic E-state index is -1.44. The second-order valence-electron chi connectivity index (χ2n) is 6.90. The van der Waals surface area contributed by atoms with E-state index in [4.69, 9.17) is 34.8 Å². The lowest BCUT2D eigenvalue weighted by Gasteiger charge is -2.29. The van der Waals surface area contributed by atoms with Gasteiger partial charge in [-0.2, -0.15) is 10.1 Å². The van der Waals surface area contributed by atoms with Gasteiger partial charge in [0, 0.05) is 10.0 Å². The lowest BCUT2D eigenvalue weighted by molar-refractivity contribution is -0.132. The van der Waals surface area contributed by atoms with E-state index in [1.807, 2.05) is 0 Å². The predicted molar refractivity (Wildman–Crippen MR) is 121 cm³/mol. The molecule has 0 aromatic heterocycles. The van der Waals surface area contributed by atoms with Crippen molar-refractivity contribution in [3.63, 3.8) is 0 Å². The molecular weight excluding hydrogens is 479 g/mol. The zero-order chi connectivity index (χ0) is 23.2. The predicted octanol–water partition coefficient (Wildman–Crippen LogP) is 4.19. The van der Waals surface area contributed by atoms with Crippen LogP contribution in [0.2, 0.25) is 15.1 Å². The van der Waals surface area contributed by atoms with Crippen molar-refractivity contribution in [2.75, 3.05) is 9.91 Å². The Labute approximate surface area is 197 Å². The summed E-state index contributed by atoms with van der Waals surface area (Å²) in [6.45, 7) is 1.55. The highest BCUT2D eigenvalue weighted by molar-refractivity contribution is 6.38. The molecule has 8 nitrogen and oxygen atoms in total. The first-order chi connectivity index (χ1) is 15.2. The summed E-state index contributed by atoms with van der Waals surface area (Å²) in [6.07, 6.45) is 1.18. The molecule has 1 saturated heterocycles. The molecule has 0 aliphatic carbocycles. The highest BCUT2D eigenvalue weighted by atomic mass is 35.5. The fraction of sp³-hybridized carbons (Fsp3) is 0.0952. The normalized spacial score (nSPS) is 20.2. The molecule has 2 heterocycles. The first kappa shape index (κ1) is 22.0. The molecule has 0 spiro atoms. The summed E-state index contributed by atoms with van der Waals surface area (Å²) in [5.74, 6) is -3.72. The number of anilines is 2. The summed E-state index contributed by atoms with van der Waals surface area (Å²) >= 11 is 18.1. The summed E-state index contributed by atoms with van der Waals surface area (Å²) in [5, 5.41) is 8.25. The van der Waals surface area contributed by atoms with E-state index in [1.54, 1.807) is 25.1 Å². The van der Waals surface area contributed by atoms with E-state index < -0.39 is 29.7 Å². The van der Waals surface area contributed by atoms with Gasteiger partial charge in [-0.05, 0) is 49.4 Å². The van der Waals surface area contributed by atoms with Gasteiger partial charge in [0.15, 0.2) is 0 Å². The molecule has 2 aliphatic rings. The van der Waals surface area contributed by atoms with E-state index in [0.29, 0.717) is 10.0 Å². The highest BCUT2D eigenvalue weighted by Crippen LogP contribution is 2.33. The summed E-state index contributed by atoms with van der Waals surface area (Å²) in [5.41, 5.74) is 0.723. The van der Waals surface area contributed by atoms with Gasteiger partial charge in [-0.1, -0.05) is 40.9 Å². The van der Waals surface area contributed by atoms with E-state index in [2.05, 4.69) is 10.4 Å². The Kier molecular flexibility index (Phi) is 5.77. The van der Waals surface area contributed by atoms with Crippen LogP contribution in [-0.4, -0.2) is 29.5 Å². The minimum absolute atomic E-state index is 0.0231. The van der Waals surface area contributed by atoms with Gasteiger partial charge >= 0.3 is 6.03 Å². The van der Waals surface area contributed by atoms with Crippen LogP contribution in [0, 0.1) is 5.92 Å². The van der Waals surface area contributed by atoms with E-state index in [9.17, 15) is 19.2 Å². The number of nitrogens with one attached hydrogen (secondary N) is 1. The Bertz CT molecular complexity index is 1260. The number of nitrogens with zero attached hydrogens (tertiary/aromatic N) is 3. The number of carbonyl (C=O) groups excluding carboxylic acids is 4. The van der Waals surface area contributed by atoms with Gasteiger partial charge in [-0.15, -0.1) is 0 Å². The molecule has 162 valence electrons. The third kappa shape index (κ3) is 3.88. The minimum Gasteiger partial charge on any atom is -0.276 e. The van der Waals surface area contributed by atoms with Crippen LogP contribution in [0.15, 0.2) is 59.2 Å².